The van der Waals surface area contributed by atoms with Gasteiger partial charge in [0, 0.05) is 19.1 Å². The Morgan fingerprint density at radius 1 is 0.972 bits per heavy atom. The summed E-state index contributed by atoms with van der Waals surface area (Å²) < 4.78 is 56.7. The first-order valence-corrected chi connectivity index (χ1v) is 14.9. The minimum Gasteiger partial charge on any atom is -0.390 e. The number of aromatic nitrogens is 1. The molecule has 3 aromatic rings. The molecule has 0 atom stereocenters. The second-order valence-electron chi connectivity index (χ2n) is 8.51. The van der Waals surface area contributed by atoms with Crippen LogP contribution in [0.2, 0.25) is 5.02 Å². The second kappa shape index (κ2) is 10.9. The van der Waals surface area contributed by atoms with Crippen LogP contribution in [0, 0.1) is 0 Å². The maximum atomic E-state index is 13.8. The summed E-state index contributed by atoms with van der Waals surface area (Å²) >= 11 is 6.26. The summed E-state index contributed by atoms with van der Waals surface area (Å²) in [6, 6.07) is 17.2. The molecule has 0 spiro atoms. The molecule has 1 N–H and O–H groups in total. The third-order valence-corrected chi connectivity index (χ3v) is 10.5. The van der Waals surface area contributed by atoms with E-state index in [1.165, 1.54) is 20.7 Å². The zero-order chi connectivity index (χ0) is 25.9. The van der Waals surface area contributed by atoms with E-state index in [-0.39, 0.29) is 53.2 Å². The van der Waals surface area contributed by atoms with Gasteiger partial charge >= 0.3 is 0 Å². The summed E-state index contributed by atoms with van der Waals surface area (Å²) in [7, 11) is -7.84. The van der Waals surface area contributed by atoms with Gasteiger partial charge in [-0.3, -0.25) is 0 Å². The highest BCUT2D eigenvalue weighted by Gasteiger charge is 2.38. The van der Waals surface area contributed by atoms with E-state index in [1.807, 2.05) is 6.92 Å². The van der Waals surface area contributed by atoms with Crippen LogP contribution >= 0.6 is 11.6 Å². The molecule has 36 heavy (non-hydrogen) atoms. The van der Waals surface area contributed by atoms with E-state index in [0.29, 0.717) is 5.69 Å². The largest absolute Gasteiger partial charge is 0.390 e. The summed E-state index contributed by atoms with van der Waals surface area (Å²) in [5.74, 6) is 0.151. The molecule has 0 amide bonds. The number of anilines is 1. The van der Waals surface area contributed by atoms with Gasteiger partial charge in [-0.2, -0.15) is 4.31 Å². The number of pyridine rings is 1. The van der Waals surface area contributed by atoms with Crippen LogP contribution in [0.15, 0.2) is 76.5 Å². The molecule has 4 rings (SSSR count). The Balaban J connectivity index is 1.65. The maximum absolute atomic E-state index is 13.8. The van der Waals surface area contributed by atoms with E-state index in [9.17, 15) is 21.9 Å². The van der Waals surface area contributed by atoms with Crippen LogP contribution in [0.4, 0.5) is 5.82 Å². The lowest BCUT2D eigenvalue weighted by Crippen LogP contribution is -2.49. The minimum atomic E-state index is -4.13. The van der Waals surface area contributed by atoms with Crippen LogP contribution in [0.5, 0.6) is 0 Å². The lowest BCUT2D eigenvalue weighted by atomic mass is 10.1. The number of hydrogen-bond donors (Lipinski definition) is 1. The first kappa shape index (κ1) is 26.6. The SMILES string of the molecule is CCc1ccc(S(=O)(=O)N2CCC(N(c3cccc(CO)n3)S(=O)(=O)c3ccccc3Cl)CC2)cc1. The van der Waals surface area contributed by atoms with Crippen LogP contribution in [-0.4, -0.2) is 50.4 Å². The zero-order valence-electron chi connectivity index (χ0n) is 19.8. The molecule has 1 aliphatic rings. The van der Waals surface area contributed by atoms with Crippen LogP contribution < -0.4 is 4.31 Å². The third kappa shape index (κ3) is 5.28. The quantitative estimate of drug-likeness (QED) is 0.457. The first-order valence-electron chi connectivity index (χ1n) is 11.6. The van der Waals surface area contributed by atoms with Crippen molar-refractivity contribution in [2.24, 2.45) is 0 Å². The predicted octanol–water partition coefficient (Wildman–Crippen LogP) is 3.84. The molecule has 1 aliphatic heterocycles. The number of halogens is 1. The lowest BCUT2D eigenvalue weighted by Gasteiger charge is -2.38. The normalized spacial score (nSPS) is 15.6. The van der Waals surface area contributed by atoms with Gasteiger partial charge in [0.05, 0.1) is 22.2 Å². The number of aryl methyl sites for hydroxylation is 1. The standard InChI is InChI=1S/C25H28ClN3O5S2/c1-2-19-10-12-22(13-11-19)35(31,32)28-16-14-21(15-17-28)29(25-9-5-6-20(18-30)27-25)36(33,34)24-8-4-3-7-23(24)26/h3-13,21,30H,2,14-18H2,1H3. The van der Waals surface area contributed by atoms with Gasteiger partial charge in [-0.25, -0.2) is 26.1 Å². The molecule has 0 saturated carbocycles. The van der Waals surface area contributed by atoms with Crippen molar-refractivity contribution in [1.82, 2.24) is 9.29 Å². The average Bonchev–Trinajstić information content (AvgIpc) is 2.89. The average molecular weight is 550 g/mol. The number of aliphatic hydroxyl groups excluding tert-OH is 1. The molecular formula is C25H28ClN3O5S2. The Labute approximate surface area is 217 Å². The summed E-state index contributed by atoms with van der Waals surface area (Å²) in [5.41, 5.74) is 1.37. The maximum Gasteiger partial charge on any atom is 0.267 e. The van der Waals surface area contributed by atoms with Crippen LogP contribution in [0.3, 0.4) is 0 Å². The van der Waals surface area contributed by atoms with Crippen molar-refractivity contribution < 1.29 is 21.9 Å². The van der Waals surface area contributed by atoms with E-state index < -0.39 is 26.1 Å². The first-order chi connectivity index (χ1) is 17.2. The highest BCUT2D eigenvalue weighted by molar-refractivity contribution is 7.93. The van der Waals surface area contributed by atoms with Crippen LogP contribution in [0.1, 0.15) is 31.0 Å². The van der Waals surface area contributed by atoms with Crippen molar-refractivity contribution in [3.63, 3.8) is 0 Å². The Bertz CT molecular complexity index is 1420. The van der Waals surface area contributed by atoms with Crippen molar-refractivity contribution in [2.45, 2.75) is 48.6 Å². The van der Waals surface area contributed by atoms with Crippen molar-refractivity contribution in [1.29, 1.82) is 0 Å². The van der Waals surface area contributed by atoms with Gasteiger partial charge in [-0.05, 0) is 61.2 Å². The number of sulfonamides is 2. The summed E-state index contributed by atoms with van der Waals surface area (Å²) in [5, 5.41) is 9.64. The topological polar surface area (TPSA) is 108 Å². The summed E-state index contributed by atoms with van der Waals surface area (Å²) in [6.07, 6.45) is 1.34. The van der Waals surface area contributed by atoms with Crippen molar-refractivity contribution in [2.75, 3.05) is 17.4 Å². The van der Waals surface area contributed by atoms with Gasteiger partial charge in [0.15, 0.2) is 0 Å². The van der Waals surface area contributed by atoms with E-state index >= 15 is 0 Å². The molecule has 2 aromatic carbocycles. The molecule has 0 bridgehead atoms. The molecule has 1 fully saturated rings. The predicted molar refractivity (Wildman–Crippen MR) is 139 cm³/mol. The van der Waals surface area contributed by atoms with E-state index in [4.69, 9.17) is 11.6 Å². The van der Waals surface area contributed by atoms with Crippen molar-refractivity contribution in [3.05, 3.63) is 83.0 Å². The smallest absolute Gasteiger partial charge is 0.267 e. The Morgan fingerprint density at radius 2 is 1.64 bits per heavy atom. The minimum absolute atomic E-state index is 0.0612. The number of rotatable bonds is 8. The molecule has 0 radical (unpaired) electrons. The van der Waals surface area contributed by atoms with E-state index in [1.54, 1.807) is 54.6 Å². The molecule has 0 aliphatic carbocycles. The third-order valence-electron chi connectivity index (χ3n) is 6.28. The molecular weight excluding hydrogens is 522 g/mol. The fourth-order valence-electron chi connectivity index (χ4n) is 4.31. The molecule has 2 heterocycles. The number of hydrogen-bond acceptors (Lipinski definition) is 6. The van der Waals surface area contributed by atoms with Gasteiger partial charge in [-0.1, -0.05) is 48.9 Å². The van der Waals surface area contributed by atoms with Gasteiger partial charge in [0.2, 0.25) is 10.0 Å². The fourth-order valence-corrected chi connectivity index (χ4v) is 7.93. The van der Waals surface area contributed by atoms with Crippen molar-refractivity contribution >= 4 is 37.5 Å². The molecule has 1 aromatic heterocycles. The fraction of sp³-hybridized carbons (Fsp3) is 0.320. The molecule has 1 saturated heterocycles. The number of aliphatic hydroxyl groups is 1. The van der Waals surface area contributed by atoms with Gasteiger partial charge in [-0.15, -0.1) is 0 Å². The molecule has 8 nitrogen and oxygen atoms in total. The zero-order valence-corrected chi connectivity index (χ0v) is 22.2. The molecule has 192 valence electrons. The molecule has 11 heteroatoms. The Morgan fingerprint density at radius 3 is 2.25 bits per heavy atom. The summed E-state index contributed by atoms with van der Waals surface area (Å²) in [4.78, 5) is 4.50. The summed E-state index contributed by atoms with van der Waals surface area (Å²) in [6.45, 7) is 1.96. The molecule has 0 unspecified atom stereocenters. The second-order valence-corrected chi connectivity index (χ2v) is 12.6. The van der Waals surface area contributed by atoms with Gasteiger partial charge in [0.1, 0.15) is 10.7 Å². The van der Waals surface area contributed by atoms with Crippen LogP contribution in [0.25, 0.3) is 0 Å². The monoisotopic (exact) mass is 549 g/mol. The van der Waals surface area contributed by atoms with E-state index in [2.05, 4.69) is 4.98 Å². The van der Waals surface area contributed by atoms with Crippen molar-refractivity contribution in [3.8, 4) is 0 Å². The highest BCUT2D eigenvalue weighted by Crippen LogP contribution is 2.33. The number of benzene rings is 2. The highest BCUT2D eigenvalue weighted by atomic mass is 35.5. The van der Waals surface area contributed by atoms with Crippen LogP contribution in [-0.2, 0) is 33.1 Å². The Kier molecular flexibility index (Phi) is 8.01. The van der Waals surface area contributed by atoms with Gasteiger partial charge < -0.3 is 5.11 Å². The van der Waals surface area contributed by atoms with E-state index in [0.717, 1.165) is 12.0 Å². The Hall–Kier alpha value is -2.50. The number of nitrogens with zero attached hydrogens (tertiary/aromatic N) is 3. The van der Waals surface area contributed by atoms with Gasteiger partial charge in [0.25, 0.3) is 10.0 Å². The lowest BCUT2D eigenvalue weighted by molar-refractivity contribution is 0.276. The number of piperidine rings is 1.